The Morgan fingerprint density at radius 3 is 3.06 bits per heavy atom. The van der Waals surface area contributed by atoms with Crippen molar-refractivity contribution in [1.82, 2.24) is 9.78 Å². The van der Waals surface area contributed by atoms with Crippen molar-refractivity contribution in [3.63, 3.8) is 0 Å². The van der Waals surface area contributed by atoms with E-state index in [-0.39, 0.29) is 5.56 Å². The summed E-state index contributed by atoms with van der Waals surface area (Å²) >= 11 is 1.77. The average Bonchev–Trinajstić information content (AvgIpc) is 2.29. The lowest BCUT2D eigenvalue weighted by Gasteiger charge is -2.06. The summed E-state index contributed by atoms with van der Waals surface area (Å²) < 4.78 is 1.49. The summed E-state index contributed by atoms with van der Waals surface area (Å²) in [4.78, 5) is 11.6. The number of aryl methyl sites for hydroxylation is 1. The maximum absolute atomic E-state index is 11.6. The Morgan fingerprint density at radius 1 is 1.62 bits per heavy atom. The van der Waals surface area contributed by atoms with Gasteiger partial charge in [0.25, 0.3) is 5.56 Å². The Labute approximate surface area is 99.4 Å². The van der Waals surface area contributed by atoms with E-state index in [2.05, 4.69) is 16.7 Å². The van der Waals surface area contributed by atoms with Crippen LogP contribution in [-0.4, -0.2) is 34.9 Å². The number of hydrogen-bond acceptors (Lipinski definition) is 5. The van der Waals surface area contributed by atoms with Crippen molar-refractivity contribution in [2.75, 3.05) is 30.4 Å². The second-order valence-corrected chi connectivity index (χ2v) is 4.35. The highest BCUT2D eigenvalue weighted by molar-refractivity contribution is 7.98. The molecule has 1 rings (SSSR count). The Morgan fingerprint density at radius 2 is 2.44 bits per heavy atom. The molecule has 0 saturated heterocycles. The molecule has 1 aromatic rings. The molecule has 0 amide bonds. The smallest absolute Gasteiger partial charge is 0.268 e. The molecule has 5 nitrogen and oxygen atoms in total. The van der Waals surface area contributed by atoms with Crippen LogP contribution in [0.3, 0.4) is 0 Å². The van der Waals surface area contributed by atoms with Crippen LogP contribution in [0.4, 0.5) is 5.69 Å². The van der Waals surface area contributed by atoms with E-state index in [9.17, 15) is 4.79 Å². The predicted octanol–water partition coefficient (Wildman–Crippen LogP) is 0.367. The van der Waals surface area contributed by atoms with Crippen molar-refractivity contribution in [2.24, 2.45) is 5.73 Å². The Balaban J connectivity index is 2.57. The zero-order valence-corrected chi connectivity index (χ0v) is 10.3. The number of nitrogens with zero attached hydrogens (tertiary/aromatic N) is 2. The predicted molar refractivity (Wildman–Crippen MR) is 69.0 cm³/mol. The van der Waals surface area contributed by atoms with E-state index < -0.39 is 0 Å². The van der Waals surface area contributed by atoms with Gasteiger partial charge in [-0.1, -0.05) is 0 Å². The second kappa shape index (κ2) is 7.29. The van der Waals surface area contributed by atoms with Gasteiger partial charge >= 0.3 is 0 Å². The summed E-state index contributed by atoms with van der Waals surface area (Å²) in [6, 6.07) is 1.56. The fourth-order valence-corrected chi connectivity index (χ4v) is 1.69. The topological polar surface area (TPSA) is 72.9 Å². The van der Waals surface area contributed by atoms with Gasteiger partial charge in [0, 0.05) is 25.7 Å². The first-order chi connectivity index (χ1) is 7.77. The monoisotopic (exact) mass is 242 g/mol. The van der Waals surface area contributed by atoms with Crippen LogP contribution in [-0.2, 0) is 6.54 Å². The third-order valence-electron chi connectivity index (χ3n) is 2.06. The quantitative estimate of drug-likeness (QED) is 0.676. The van der Waals surface area contributed by atoms with Gasteiger partial charge in [0.05, 0.1) is 11.9 Å². The van der Waals surface area contributed by atoms with Crippen molar-refractivity contribution in [2.45, 2.75) is 13.0 Å². The molecule has 0 aliphatic heterocycles. The van der Waals surface area contributed by atoms with Gasteiger partial charge in [-0.05, 0) is 18.4 Å². The van der Waals surface area contributed by atoms with Crippen molar-refractivity contribution in [3.05, 3.63) is 22.6 Å². The van der Waals surface area contributed by atoms with E-state index in [4.69, 9.17) is 5.73 Å². The van der Waals surface area contributed by atoms with Crippen LogP contribution in [0.5, 0.6) is 0 Å². The number of anilines is 1. The molecule has 0 saturated carbocycles. The van der Waals surface area contributed by atoms with E-state index >= 15 is 0 Å². The fourth-order valence-electron chi connectivity index (χ4n) is 1.27. The van der Waals surface area contributed by atoms with Crippen molar-refractivity contribution < 1.29 is 0 Å². The molecule has 0 spiro atoms. The number of hydrogen-bond donors (Lipinski definition) is 2. The highest BCUT2D eigenvalue weighted by Gasteiger charge is 1.99. The van der Waals surface area contributed by atoms with Gasteiger partial charge < -0.3 is 11.1 Å². The Bertz CT molecular complexity index is 366. The van der Waals surface area contributed by atoms with Crippen LogP contribution in [0.2, 0.25) is 0 Å². The first-order valence-electron chi connectivity index (χ1n) is 5.28. The van der Waals surface area contributed by atoms with Crippen LogP contribution in [0, 0.1) is 0 Å². The van der Waals surface area contributed by atoms with Crippen LogP contribution in [0.1, 0.15) is 6.42 Å². The first kappa shape index (κ1) is 13.1. The molecule has 0 unspecified atom stereocenters. The molecule has 1 aromatic heterocycles. The minimum absolute atomic E-state index is 0.0666. The maximum atomic E-state index is 11.6. The first-order valence-corrected chi connectivity index (χ1v) is 6.67. The molecule has 3 N–H and O–H groups in total. The highest BCUT2D eigenvalue weighted by Crippen LogP contribution is 2.00. The Kier molecular flexibility index (Phi) is 5.95. The molecular formula is C10H18N4OS. The molecule has 0 fully saturated rings. The molecule has 0 aliphatic carbocycles. The Hall–Kier alpha value is -1.01. The molecule has 6 heteroatoms. The lowest BCUT2D eigenvalue weighted by atomic mass is 10.4. The van der Waals surface area contributed by atoms with E-state index in [0.717, 1.165) is 17.9 Å². The van der Waals surface area contributed by atoms with E-state index in [0.29, 0.717) is 19.6 Å². The average molecular weight is 242 g/mol. The van der Waals surface area contributed by atoms with Gasteiger partial charge in [-0.3, -0.25) is 4.79 Å². The molecule has 0 aromatic carbocycles. The summed E-state index contributed by atoms with van der Waals surface area (Å²) in [7, 11) is 0. The van der Waals surface area contributed by atoms with E-state index in [1.807, 2.05) is 0 Å². The van der Waals surface area contributed by atoms with Crippen molar-refractivity contribution >= 4 is 17.4 Å². The fraction of sp³-hybridized carbons (Fsp3) is 0.600. The number of thioether (sulfide) groups is 1. The molecule has 0 aliphatic rings. The molecule has 0 radical (unpaired) electrons. The normalized spacial score (nSPS) is 10.4. The van der Waals surface area contributed by atoms with E-state index in [1.165, 1.54) is 4.68 Å². The van der Waals surface area contributed by atoms with Gasteiger partial charge in [0.15, 0.2) is 0 Å². The second-order valence-electron chi connectivity index (χ2n) is 3.37. The summed E-state index contributed by atoms with van der Waals surface area (Å²) in [6.45, 7) is 1.87. The molecule has 1 heterocycles. The zero-order valence-electron chi connectivity index (χ0n) is 9.48. The third kappa shape index (κ3) is 4.24. The highest BCUT2D eigenvalue weighted by atomic mass is 32.2. The van der Waals surface area contributed by atoms with Gasteiger partial charge in [0.2, 0.25) is 0 Å². The van der Waals surface area contributed by atoms with E-state index in [1.54, 1.807) is 24.0 Å². The standard InChI is InChI=1S/C10H18N4OS/c1-16-6-2-5-14-10(15)7-9(8-13-14)12-4-3-11/h7-8,12H,2-6,11H2,1H3. The lowest BCUT2D eigenvalue weighted by Crippen LogP contribution is -2.23. The summed E-state index contributed by atoms with van der Waals surface area (Å²) in [5.74, 6) is 1.04. The number of nitrogens with two attached hydrogens (primary N) is 1. The van der Waals surface area contributed by atoms with Gasteiger partial charge in [-0.15, -0.1) is 0 Å². The van der Waals surface area contributed by atoms with Gasteiger partial charge in [-0.2, -0.15) is 16.9 Å². The molecule has 16 heavy (non-hydrogen) atoms. The summed E-state index contributed by atoms with van der Waals surface area (Å²) in [6.07, 6.45) is 4.68. The molecule has 0 atom stereocenters. The van der Waals surface area contributed by atoms with Crippen LogP contribution in [0.25, 0.3) is 0 Å². The number of rotatable bonds is 7. The number of aromatic nitrogens is 2. The van der Waals surface area contributed by atoms with Crippen molar-refractivity contribution in [1.29, 1.82) is 0 Å². The number of nitrogens with one attached hydrogen (secondary N) is 1. The van der Waals surface area contributed by atoms with Crippen LogP contribution < -0.4 is 16.6 Å². The maximum Gasteiger partial charge on any atom is 0.268 e. The SMILES string of the molecule is CSCCCn1ncc(NCCN)cc1=O. The third-order valence-corrected chi connectivity index (χ3v) is 2.76. The minimum atomic E-state index is -0.0666. The molecular weight excluding hydrogens is 224 g/mol. The minimum Gasteiger partial charge on any atom is -0.382 e. The van der Waals surface area contributed by atoms with Gasteiger partial charge in [0.1, 0.15) is 0 Å². The van der Waals surface area contributed by atoms with Crippen LogP contribution >= 0.6 is 11.8 Å². The zero-order chi connectivity index (χ0) is 11.8. The largest absolute Gasteiger partial charge is 0.382 e. The van der Waals surface area contributed by atoms with Crippen LogP contribution in [0.15, 0.2) is 17.1 Å². The summed E-state index contributed by atoms with van der Waals surface area (Å²) in [5, 5.41) is 7.12. The van der Waals surface area contributed by atoms with Crippen molar-refractivity contribution in [3.8, 4) is 0 Å². The molecule has 0 bridgehead atoms. The summed E-state index contributed by atoms with van der Waals surface area (Å²) in [5.41, 5.74) is 6.02. The molecule has 90 valence electrons. The van der Waals surface area contributed by atoms with Gasteiger partial charge in [-0.25, -0.2) is 4.68 Å². The lowest BCUT2D eigenvalue weighted by molar-refractivity contribution is 0.571.